The van der Waals surface area contributed by atoms with Crippen molar-refractivity contribution in [2.45, 2.75) is 39.3 Å². The van der Waals surface area contributed by atoms with E-state index in [0.29, 0.717) is 13.0 Å². The molecule has 4 rings (SSSR count). The van der Waals surface area contributed by atoms with Crippen LogP contribution in [0.2, 0.25) is 5.02 Å². The maximum atomic E-state index is 12.6. The maximum absolute atomic E-state index is 12.6. The number of furan rings is 1. The van der Waals surface area contributed by atoms with Gasteiger partial charge in [0.25, 0.3) is 0 Å². The van der Waals surface area contributed by atoms with E-state index in [1.807, 2.05) is 42.2 Å². The number of hydrogen-bond acceptors (Lipinski definition) is 3. The molecule has 3 heterocycles. The van der Waals surface area contributed by atoms with Crippen LogP contribution >= 0.6 is 11.6 Å². The average Bonchev–Trinajstić information content (AvgIpc) is 3.16. The number of aryl methyl sites for hydroxylation is 1. The van der Waals surface area contributed by atoms with Crippen LogP contribution in [0.25, 0.3) is 0 Å². The molecule has 2 aromatic rings. The lowest BCUT2D eigenvalue weighted by Gasteiger charge is -2.38. The Hall–Kier alpha value is -1.78. The molecule has 2 fully saturated rings. The summed E-state index contributed by atoms with van der Waals surface area (Å²) >= 11 is 5.95. The standard InChI is InChI=1S/C21H25ClN2O2/c1-16-2-7-19(26-16)14-23-10-8-21(9-11-23)12-20(25)24(15-21)13-17-3-5-18(22)6-4-17/h2-7H,8-15H2,1H3. The maximum Gasteiger partial charge on any atom is 0.223 e. The van der Waals surface area contributed by atoms with Crippen LogP contribution in [0.5, 0.6) is 0 Å². The molecule has 1 aromatic heterocycles. The van der Waals surface area contributed by atoms with E-state index in [4.69, 9.17) is 16.0 Å². The zero-order valence-corrected chi connectivity index (χ0v) is 16.0. The molecule has 0 radical (unpaired) electrons. The van der Waals surface area contributed by atoms with Gasteiger partial charge in [-0.3, -0.25) is 9.69 Å². The first kappa shape index (κ1) is 17.6. The van der Waals surface area contributed by atoms with Crippen molar-refractivity contribution in [1.82, 2.24) is 9.80 Å². The minimum atomic E-state index is 0.152. The van der Waals surface area contributed by atoms with Gasteiger partial charge in [-0.05, 0) is 68.1 Å². The molecule has 4 nitrogen and oxygen atoms in total. The second-order valence-corrected chi connectivity index (χ2v) is 8.28. The fourth-order valence-electron chi connectivity index (χ4n) is 4.25. The Labute approximate surface area is 159 Å². The van der Waals surface area contributed by atoms with Crippen molar-refractivity contribution in [3.05, 3.63) is 58.5 Å². The Morgan fingerprint density at radius 2 is 1.81 bits per heavy atom. The zero-order valence-electron chi connectivity index (χ0n) is 15.2. The molecular weight excluding hydrogens is 348 g/mol. The third-order valence-electron chi connectivity index (χ3n) is 5.78. The van der Waals surface area contributed by atoms with E-state index in [1.54, 1.807) is 0 Å². The third kappa shape index (κ3) is 3.81. The minimum absolute atomic E-state index is 0.152. The largest absolute Gasteiger partial charge is 0.465 e. The number of hydrogen-bond donors (Lipinski definition) is 0. The van der Waals surface area contributed by atoms with E-state index < -0.39 is 0 Å². The van der Waals surface area contributed by atoms with Gasteiger partial charge in [0, 0.05) is 24.5 Å². The van der Waals surface area contributed by atoms with Crippen molar-refractivity contribution >= 4 is 17.5 Å². The fourth-order valence-corrected chi connectivity index (χ4v) is 4.37. The van der Waals surface area contributed by atoms with Crippen LogP contribution in [0.15, 0.2) is 40.8 Å². The van der Waals surface area contributed by atoms with E-state index in [2.05, 4.69) is 11.0 Å². The Kier molecular flexibility index (Phi) is 4.80. The van der Waals surface area contributed by atoms with Gasteiger partial charge in [0.1, 0.15) is 11.5 Å². The van der Waals surface area contributed by atoms with Gasteiger partial charge in [0.15, 0.2) is 0 Å². The third-order valence-corrected chi connectivity index (χ3v) is 6.04. The molecule has 1 spiro atoms. The van der Waals surface area contributed by atoms with Gasteiger partial charge in [-0.25, -0.2) is 0 Å². The van der Waals surface area contributed by atoms with Gasteiger partial charge >= 0.3 is 0 Å². The lowest BCUT2D eigenvalue weighted by Crippen LogP contribution is -2.41. The number of halogens is 1. The number of benzene rings is 1. The van der Waals surface area contributed by atoms with Crippen molar-refractivity contribution in [2.24, 2.45) is 5.41 Å². The van der Waals surface area contributed by atoms with Crippen molar-refractivity contribution in [1.29, 1.82) is 0 Å². The van der Waals surface area contributed by atoms with E-state index in [-0.39, 0.29) is 11.3 Å². The quantitative estimate of drug-likeness (QED) is 0.804. The highest BCUT2D eigenvalue weighted by Crippen LogP contribution is 2.41. The molecule has 26 heavy (non-hydrogen) atoms. The van der Waals surface area contributed by atoms with E-state index in [9.17, 15) is 4.79 Å². The van der Waals surface area contributed by atoms with Crippen LogP contribution in [0.1, 0.15) is 36.3 Å². The number of nitrogens with zero attached hydrogens (tertiary/aromatic N) is 2. The molecule has 0 atom stereocenters. The molecule has 0 unspecified atom stereocenters. The summed E-state index contributed by atoms with van der Waals surface area (Å²) in [4.78, 5) is 17.0. The molecular formula is C21H25ClN2O2. The van der Waals surface area contributed by atoms with Gasteiger partial charge in [0.05, 0.1) is 6.54 Å². The molecule has 0 N–H and O–H groups in total. The number of carbonyl (C=O) groups excluding carboxylic acids is 1. The molecule has 5 heteroatoms. The van der Waals surface area contributed by atoms with Gasteiger partial charge in [-0.2, -0.15) is 0 Å². The fraction of sp³-hybridized carbons (Fsp3) is 0.476. The summed E-state index contributed by atoms with van der Waals surface area (Å²) in [7, 11) is 0. The van der Waals surface area contributed by atoms with Crippen molar-refractivity contribution in [3.63, 3.8) is 0 Å². The first-order valence-corrected chi connectivity index (χ1v) is 9.69. The summed E-state index contributed by atoms with van der Waals surface area (Å²) < 4.78 is 5.70. The van der Waals surface area contributed by atoms with Crippen LogP contribution in [-0.4, -0.2) is 35.3 Å². The predicted molar refractivity (Wildman–Crippen MR) is 102 cm³/mol. The summed E-state index contributed by atoms with van der Waals surface area (Å²) in [6, 6.07) is 11.9. The summed E-state index contributed by atoms with van der Waals surface area (Å²) in [5, 5.41) is 0.733. The second-order valence-electron chi connectivity index (χ2n) is 7.84. The molecule has 2 aliphatic rings. The lowest BCUT2D eigenvalue weighted by atomic mass is 9.77. The monoisotopic (exact) mass is 372 g/mol. The number of likely N-dealkylation sites (tertiary alicyclic amines) is 2. The van der Waals surface area contributed by atoms with Gasteiger partial charge < -0.3 is 9.32 Å². The highest BCUT2D eigenvalue weighted by molar-refractivity contribution is 6.30. The van der Waals surface area contributed by atoms with Crippen LogP contribution < -0.4 is 0 Å². The Bertz CT molecular complexity index is 776. The summed E-state index contributed by atoms with van der Waals surface area (Å²) in [6.07, 6.45) is 2.85. The van der Waals surface area contributed by atoms with Crippen LogP contribution in [-0.2, 0) is 17.9 Å². The highest BCUT2D eigenvalue weighted by Gasteiger charge is 2.44. The van der Waals surface area contributed by atoms with E-state index in [1.165, 1.54) is 0 Å². The smallest absolute Gasteiger partial charge is 0.223 e. The van der Waals surface area contributed by atoms with Crippen LogP contribution in [0, 0.1) is 12.3 Å². The molecule has 2 aliphatic heterocycles. The first-order valence-electron chi connectivity index (χ1n) is 9.31. The van der Waals surface area contributed by atoms with Crippen molar-refractivity contribution in [3.8, 4) is 0 Å². The van der Waals surface area contributed by atoms with E-state index in [0.717, 1.165) is 61.1 Å². The normalized spacial score (nSPS) is 20.2. The molecule has 0 bridgehead atoms. The SMILES string of the molecule is Cc1ccc(CN2CCC3(CC2)CC(=O)N(Cc2ccc(Cl)cc2)C3)o1. The molecule has 0 aliphatic carbocycles. The summed E-state index contributed by atoms with van der Waals surface area (Å²) in [5.74, 6) is 2.29. The average molecular weight is 373 g/mol. The summed E-state index contributed by atoms with van der Waals surface area (Å²) in [6.45, 7) is 6.47. The molecule has 138 valence electrons. The molecule has 2 saturated heterocycles. The molecule has 0 saturated carbocycles. The highest BCUT2D eigenvalue weighted by atomic mass is 35.5. The zero-order chi connectivity index (χ0) is 18.1. The molecule has 1 amide bonds. The number of piperidine rings is 1. The van der Waals surface area contributed by atoms with Crippen molar-refractivity contribution < 1.29 is 9.21 Å². The Morgan fingerprint density at radius 3 is 2.46 bits per heavy atom. The topological polar surface area (TPSA) is 36.7 Å². The minimum Gasteiger partial charge on any atom is -0.465 e. The van der Waals surface area contributed by atoms with Gasteiger partial charge in [0.2, 0.25) is 5.91 Å². The lowest BCUT2D eigenvalue weighted by molar-refractivity contribution is -0.128. The number of carbonyl (C=O) groups is 1. The predicted octanol–water partition coefficient (Wildman–Crippen LogP) is 4.26. The van der Waals surface area contributed by atoms with Crippen LogP contribution in [0.3, 0.4) is 0 Å². The Balaban J connectivity index is 1.34. The van der Waals surface area contributed by atoms with Gasteiger partial charge in [-0.1, -0.05) is 23.7 Å². The number of amides is 1. The number of rotatable bonds is 4. The second kappa shape index (κ2) is 7.09. The summed E-state index contributed by atoms with van der Waals surface area (Å²) in [5.41, 5.74) is 1.30. The van der Waals surface area contributed by atoms with Crippen LogP contribution in [0.4, 0.5) is 0 Å². The first-order chi connectivity index (χ1) is 12.5. The molecule has 1 aromatic carbocycles. The Morgan fingerprint density at radius 1 is 1.08 bits per heavy atom. The van der Waals surface area contributed by atoms with Gasteiger partial charge in [-0.15, -0.1) is 0 Å². The van der Waals surface area contributed by atoms with Crippen molar-refractivity contribution in [2.75, 3.05) is 19.6 Å². The van der Waals surface area contributed by atoms with E-state index >= 15 is 0 Å².